The molecule has 0 heterocycles. The van der Waals surface area contributed by atoms with Crippen molar-refractivity contribution in [1.82, 2.24) is 0 Å². The summed E-state index contributed by atoms with van der Waals surface area (Å²) < 4.78 is 22.2. The summed E-state index contributed by atoms with van der Waals surface area (Å²) >= 11 is 0. The van der Waals surface area contributed by atoms with E-state index in [0.29, 0.717) is 25.4 Å². The fourth-order valence-corrected chi connectivity index (χ4v) is 2.95. The molecule has 2 rings (SSSR count). The van der Waals surface area contributed by atoms with Gasteiger partial charge in [0.05, 0.1) is 25.4 Å². The molecule has 0 bridgehead atoms. The average molecular weight is 300 g/mol. The number of rotatable bonds is 9. The summed E-state index contributed by atoms with van der Waals surface area (Å²) in [4.78, 5) is 10.8. The second-order valence-corrected chi connectivity index (χ2v) is 6.02. The molecule has 0 N–H and O–H groups in total. The Morgan fingerprint density at radius 1 is 0.952 bits per heavy atom. The zero-order valence-electron chi connectivity index (χ0n) is 13.1. The quantitative estimate of drug-likeness (QED) is 0.484. The van der Waals surface area contributed by atoms with E-state index >= 15 is 0 Å². The predicted molar refractivity (Wildman–Crippen MR) is 77.9 cm³/mol. The standard InChI is InChI=1S/C16H28O5/c1-13(17)20-12-21-16(10-18-14-6-2-3-7-14)11-19-15-8-4-5-9-15/h14-16H,2-12H2,1H3. The molecule has 0 spiro atoms. The molecule has 0 aromatic carbocycles. The van der Waals surface area contributed by atoms with Crippen LogP contribution in [0.15, 0.2) is 0 Å². The van der Waals surface area contributed by atoms with Crippen molar-refractivity contribution in [2.24, 2.45) is 0 Å². The van der Waals surface area contributed by atoms with Crippen LogP contribution in [0.2, 0.25) is 0 Å². The average Bonchev–Trinajstić information content (AvgIpc) is 3.13. The van der Waals surface area contributed by atoms with Gasteiger partial charge in [-0.05, 0) is 25.7 Å². The lowest BCUT2D eigenvalue weighted by Gasteiger charge is -2.22. The highest BCUT2D eigenvalue weighted by Crippen LogP contribution is 2.23. The van der Waals surface area contributed by atoms with Crippen LogP contribution in [0.3, 0.4) is 0 Å². The fourth-order valence-electron chi connectivity index (χ4n) is 2.95. The minimum atomic E-state index is -0.331. The van der Waals surface area contributed by atoms with Crippen molar-refractivity contribution in [1.29, 1.82) is 0 Å². The number of hydrogen-bond acceptors (Lipinski definition) is 5. The Morgan fingerprint density at radius 3 is 1.86 bits per heavy atom. The Labute approximate surface area is 127 Å². The molecule has 0 aromatic heterocycles. The Bertz CT molecular complexity index is 275. The molecule has 0 unspecified atom stereocenters. The van der Waals surface area contributed by atoms with Gasteiger partial charge in [-0.1, -0.05) is 25.7 Å². The molecule has 2 saturated carbocycles. The van der Waals surface area contributed by atoms with Gasteiger partial charge >= 0.3 is 5.97 Å². The van der Waals surface area contributed by atoms with Gasteiger partial charge in [0.15, 0.2) is 6.79 Å². The maximum atomic E-state index is 10.8. The molecule has 0 atom stereocenters. The molecule has 21 heavy (non-hydrogen) atoms. The Balaban J connectivity index is 1.67. The molecule has 0 aliphatic heterocycles. The first-order chi connectivity index (χ1) is 10.2. The van der Waals surface area contributed by atoms with Crippen molar-refractivity contribution < 1.29 is 23.7 Å². The largest absolute Gasteiger partial charge is 0.439 e. The molecule has 122 valence electrons. The minimum absolute atomic E-state index is 0.0257. The highest BCUT2D eigenvalue weighted by molar-refractivity contribution is 5.65. The molecule has 2 aliphatic rings. The highest BCUT2D eigenvalue weighted by atomic mass is 16.7. The number of carbonyl (C=O) groups excluding carboxylic acids is 1. The van der Waals surface area contributed by atoms with Crippen molar-refractivity contribution in [3.05, 3.63) is 0 Å². The van der Waals surface area contributed by atoms with Crippen LogP contribution in [0.25, 0.3) is 0 Å². The van der Waals surface area contributed by atoms with Gasteiger partial charge in [0.1, 0.15) is 6.10 Å². The SMILES string of the molecule is CC(=O)OCOC(COC1CCCC1)COC1CCCC1. The summed E-state index contributed by atoms with van der Waals surface area (Å²) in [5, 5.41) is 0. The second kappa shape index (κ2) is 9.38. The summed E-state index contributed by atoms with van der Waals surface area (Å²) in [5.41, 5.74) is 0. The van der Waals surface area contributed by atoms with Crippen molar-refractivity contribution in [2.75, 3.05) is 20.0 Å². The molecule has 2 fully saturated rings. The molecular weight excluding hydrogens is 272 g/mol. The van der Waals surface area contributed by atoms with Crippen LogP contribution in [0.4, 0.5) is 0 Å². The third kappa shape index (κ3) is 6.76. The van der Waals surface area contributed by atoms with Gasteiger partial charge in [0.25, 0.3) is 0 Å². The van der Waals surface area contributed by atoms with Crippen LogP contribution in [0, 0.1) is 0 Å². The first-order valence-corrected chi connectivity index (χ1v) is 8.22. The lowest BCUT2D eigenvalue weighted by molar-refractivity contribution is -0.169. The Kier molecular flexibility index (Phi) is 7.47. The van der Waals surface area contributed by atoms with Crippen LogP contribution in [0.5, 0.6) is 0 Å². The van der Waals surface area contributed by atoms with Crippen molar-refractivity contribution in [2.45, 2.75) is 76.6 Å². The van der Waals surface area contributed by atoms with Crippen LogP contribution < -0.4 is 0 Å². The lowest BCUT2D eigenvalue weighted by atomic mass is 10.3. The van der Waals surface area contributed by atoms with Crippen LogP contribution in [0.1, 0.15) is 58.3 Å². The van der Waals surface area contributed by atoms with Crippen molar-refractivity contribution >= 4 is 5.97 Å². The predicted octanol–water partition coefficient (Wildman–Crippen LogP) is 2.81. The van der Waals surface area contributed by atoms with E-state index in [1.54, 1.807) is 0 Å². The van der Waals surface area contributed by atoms with Crippen molar-refractivity contribution in [3.8, 4) is 0 Å². The van der Waals surface area contributed by atoms with E-state index in [-0.39, 0.29) is 18.9 Å². The lowest BCUT2D eigenvalue weighted by Crippen LogP contribution is -2.30. The van der Waals surface area contributed by atoms with Gasteiger partial charge in [-0.3, -0.25) is 4.79 Å². The highest BCUT2D eigenvalue weighted by Gasteiger charge is 2.21. The Morgan fingerprint density at radius 2 is 1.43 bits per heavy atom. The third-order valence-corrected chi connectivity index (χ3v) is 4.21. The van der Waals surface area contributed by atoms with Gasteiger partial charge in [-0.15, -0.1) is 0 Å². The van der Waals surface area contributed by atoms with Gasteiger partial charge in [-0.2, -0.15) is 0 Å². The van der Waals surface area contributed by atoms with E-state index < -0.39 is 0 Å². The first kappa shape index (κ1) is 16.7. The van der Waals surface area contributed by atoms with E-state index in [9.17, 15) is 4.79 Å². The van der Waals surface area contributed by atoms with Crippen LogP contribution >= 0.6 is 0 Å². The topological polar surface area (TPSA) is 54.0 Å². The summed E-state index contributed by atoms with van der Waals surface area (Å²) in [6.07, 6.45) is 10.1. The molecule has 5 nitrogen and oxygen atoms in total. The number of hydrogen-bond donors (Lipinski definition) is 0. The second-order valence-electron chi connectivity index (χ2n) is 6.02. The van der Waals surface area contributed by atoms with E-state index in [1.807, 2.05) is 0 Å². The van der Waals surface area contributed by atoms with Crippen LogP contribution in [-0.4, -0.2) is 44.3 Å². The minimum Gasteiger partial charge on any atom is -0.439 e. The monoisotopic (exact) mass is 300 g/mol. The molecule has 0 saturated heterocycles. The van der Waals surface area contributed by atoms with Gasteiger partial charge in [0.2, 0.25) is 0 Å². The van der Waals surface area contributed by atoms with Gasteiger partial charge in [-0.25, -0.2) is 0 Å². The fraction of sp³-hybridized carbons (Fsp3) is 0.938. The Hall–Kier alpha value is -0.650. The van der Waals surface area contributed by atoms with E-state index in [1.165, 1.54) is 32.6 Å². The molecule has 5 heteroatoms. The molecule has 0 radical (unpaired) electrons. The summed E-state index contributed by atoms with van der Waals surface area (Å²) in [7, 11) is 0. The van der Waals surface area contributed by atoms with Crippen LogP contribution in [-0.2, 0) is 23.7 Å². The zero-order chi connectivity index (χ0) is 14.9. The summed E-state index contributed by atoms with van der Waals surface area (Å²) in [5.74, 6) is -0.331. The van der Waals surface area contributed by atoms with E-state index in [0.717, 1.165) is 25.7 Å². The first-order valence-electron chi connectivity index (χ1n) is 8.22. The third-order valence-electron chi connectivity index (χ3n) is 4.21. The number of ether oxygens (including phenoxy) is 4. The molecule has 2 aliphatic carbocycles. The zero-order valence-corrected chi connectivity index (χ0v) is 13.1. The number of carbonyl (C=O) groups is 1. The maximum Gasteiger partial charge on any atom is 0.304 e. The van der Waals surface area contributed by atoms with Gasteiger partial charge in [0, 0.05) is 6.92 Å². The summed E-state index contributed by atoms with van der Waals surface area (Å²) in [6, 6.07) is 0. The normalized spacial score (nSPS) is 20.5. The van der Waals surface area contributed by atoms with E-state index in [2.05, 4.69) is 0 Å². The molecule has 0 amide bonds. The van der Waals surface area contributed by atoms with Crippen molar-refractivity contribution in [3.63, 3.8) is 0 Å². The smallest absolute Gasteiger partial charge is 0.304 e. The molecular formula is C16H28O5. The molecule has 0 aromatic rings. The summed E-state index contributed by atoms with van der Waals surface area (Å²) in [6.45, 7) is 2.38. The van der Waals surface area contributed by atoms with Gasteiger partial charge < -0.3 is 18.9 Å². The maximum absolute atomic E-state index is 10.8. The van der Waals surface area contributed by atoms with E-state index in [4.69, 9.17) is 18.9 Å². The number of esters is 1.